The molecular weight excluding hydrogens is 603 g/mol. The average Bonchev–Trinajstić information content (AvgIpc) is 3.89. The Labute approximate surface area is 306 Å². The van der Waals surface area contributed by atoms with Crippen molar-refractivity contribution in [3.63, 3.8) is 0 Å². The number of rotatable bonds is 5. The summed E-state index contributed by atoms with van der Waals surface area (Å²) < 4.78 is 5.74. The summed E-state index contributed by atoms with van der Waals surface area (Å²) in [5.41, 5.74) is 0. The number of piperidine rings is 2. The highest BCUT2D eigenvalue weighted by atomic mass is 16.5. The van der Waals surface area contributed by atoms with Crippen LogP contribution in [0.5, 0.6) is 0 Å². The summed E-state index contributed by atoms with van der Waals surface area (Å²) in [6, 6.07) is 4.76. The number of ether oxygens (including phenoxy) is 1. The molecule has 0 aromatic rings. The van der Waals surface area contributed by atoms with Crippen molar-refractivity contribution >= 4 is 0 Å². The first-order valence-corrected chi connectivity index (χ1v) is 21.7. The Bertz CT molecular complexity index is 873. The Morgan fingerprint density at radius 2 is 0.939 bits per heavy atom. The van der Waals surface area contributed by atoms with E-state index < -0.39 is 0 Å². The number of nitrogens with zero attached hydrogens (tertiary/aromatic N) is 5. The fraction of sp³-hybridized carbons (Fsp3) is 1.00. The zero-order valence-electron chi connectivity index (χ0n) is 34.7. The predicted octanol–water partition coefficient (Wildman–Crippen LogP) is 8.49. The standard InChI is InChI=1S/C10H19N.C9H17NO.C9H17N.C8H17N.C7H15N/c1-8(2)11-6-9-4-3-5-10(9)7-11;1-7(2)10-5-8-3-4-9(6-10)11-8;1-7(2)10-6-8-3-4-9(10)5-8;1-8(2)9-6-4-3-5-7-9;1-6(2)8-4-7(3)5-8/h8-10H,3-7H2,1-2H3;7-9H,3-6H2,1-2H3;7-9H,3-6H2,1-2H3;8H,3-7H2,1-2H3;6-7H,4-5H2,1-3H3. The number of morpholine rings is 1. The topological polar surface area (TPSA) is 25.4 Å². The molecule has 6 unspecified atom stereocenters. The minimum Gasteiger partial charge on any atom is -0.372 e. The Morgan fingerprint density at radius 3 is 1.29 bits per heavy atom. The molecule has 2 saturated carbocycles. The van der Waals surface area contributed by atoms with Crippen molar-refractivity contribution in [1.82, 2.24) is 24.5 Å². The van der Waals surface area contributed by atoms with Gasteiger partial charge in [-0.05, 0) is 164 Å². The van der Waals surface area contributed by atoms with Gasteiger partial charge in [0.25, 0.3) is 0 Å². The summed E-state index contributed by atoms with van der Waals surface area (Å²) in [6.45, 7) is 37.0. The highest BCUT2D eigenvalue weighted by Crippen LogP contribution is 2.39. The molecule has 0 aromatic heterocycles. The first kappa shape index (κ1) is 41.5. The molecule has 8 fully saturated rings. The molecule has 4 bridgehead atoms. The fourth-order valence-corrected chi connectivity index (χ4v) is 9.96. The molecule has 6 nitrogen and oxygen atoms in total. The predicted molar refractivity (Wildman–Crippen MR) is 212 cm³/mol. The second-order valence-corrected chi connectivity index (χ2v) is 19.0. The number of hydrogen-bond acceptors (Lipinski definition) is 6. The minimum atomic E-state index is 0.552. The molecule has 8 rings (SSSR count). The van der Waals surface area contributed by atoms with Gasteiger partial charge < -0.3 is 19.4 Å². The van der Waals surface area contributed by atoms with E-state index in [1.165, 1.54) is 116 Å². The molecule has 49 heavy (non-hydrogen) atoms. The van der Waals surface area contributed by atoms with E-state index in [4.69, 9.17) is 4.74 Å². The lowest BCUT2D eigenvalue weighted by atomic mass is 10.0. The molecule has 0 N–H and O–H groups in total. The monoisotopic (exact) mass is 688 g/mol. The molecule has 0 radical (unpaired) electrons. The lowest BCUT2D eigenvalue weighted by molar-refractivity contribution is -0.0480. The maximum absolute atomic E-state index is 5.74. The van der Waals surface area contributed by atoms with Gasteiger partial charge in [0.15, 0.2) is 0 Å². The fourth-order valence-electron chi connectivity index (χ4n) is 9.96. The molecule has 6 atom stereocenters. The molecular formula is C43H85N5O. The lowest BCUT2D eigenvalue weighted by Gasteiger charge is -2.40. The first-order chi connectivity index (χ1) is 23.3. The van der Waals surface area contributed by atoms with E-state index in [0.29, 0.717) is 18.2 Å². The summed E-state index contributed by atoms with van der Waals surface area (Å²) in [4.78, 5) is 12.9. The molecule has 0 aromatic carbocycles. The Hall–Kier alpha value is -0.240. The van der Waals surface area contributed by atoms with Crippen molar-refractivity contribution in [3.8, 4) is 0 Å². The second kappa shape index (κ2) is 20.3. The van der Waals surface area contributed by atoms with E-state index in [0.717, 1.165) is 67.0 Å². The summed E-state index contributed by atoms with van der Waals surface area (Å²) in [7, 11) is 0. The van der Waals surface area contributed by atoms with Gasteiger partial charge in [-0.1, -0.05) is 19.8 Å². The second-order valence-electron chi connectivity index (χ2n) is 19.0. The highest BCUT2D eigenvalue weighted by Gasteiger charge is 2.39. The quantitative estimate of drug-likeness (QED) is 0.288. The van der Waals surface area contributed by atoms with Gasteiger partial charge in [-0.3, -0.25) is 9.80 Å². The van der Waals surface area contributed by atoms with Crippen LogP contribution in [-0.2, 0) is 4.74 Å². The average molecular weight is 688 g/mol. The molecule has 6 aliphatic heterocycles. The maximum atomic E-state index is 5.74. The zero-order valence-corrected chi connectivity index (χ0v) is 34.7. The maximum Gasteiger partial charge on any atom is 0.0707 e. The van der Waals surface area contributed by atoms with Gasteiger partial charge in [0.1, 0.15) is 0 Å². The Balaban J connectivity index is 0.000000139. The van der Waals surface area contributed by atoms with Crippen LogP contribution in [0.15, 0.2) is 0 Å². The van der Waals surface area contributed by atoms with Crippen LogP contribution in [0.2, 0.25) is 0 Å². The third kappa shape index (κ3) is 13.0. The SMILES string of the molecule is CC(C)N1CC2CCC(C1)O2.CC(C)N1CC2CCC1C2.CC(C)N1CC2CCCC2C1.CC(C)N1CCCCC1.CC1CN(C(C)C)C1. The molecule has 6 heterocycles. The third-order valence-electron chi connectivity index (χ3n) is 13.3. The van der Waals surface area contributed by atoms with Gasteiger partial charge in [-0.25, -0.2) is 0 Å². The van der Waals surface area contributed by atoms with E-state index in [9.17, 15) is 0 Å². The van der Waals surface area contributed by atoms with Gasteiger partial charge in [0.05, 0.1) is 12.2 Å². The molecule has 288 valence electrons. The minimum absolute atomic E-state index is 0.552. The van der Waals surface area contributed by atoms with E-state index in [-0.39, 0.29) is 0 Å². The van der Waals surface area contributed by atoms with Crippen LogP contribution in [-0.4, -0.2) is 132 Å². The van der Waals surface area contributed by atoms with Crippen molar-refractivity contribution < 1.29 is 4.74 Å². The van der Waals surface area contributed by atoms with Gasteiger partial charge >= 0.3 is 0 Å². The summed E-state index contributed by atoms with van der Waals surface area (Å²) in [5.74, 6) is 4.15. The molecule has 2 aliphatic carbocycles. The number of likely N-dealkylation sites (tertiary alicyclic amines) is 5. The van der Waals surface area contributed by atoms with Crippen LogP contribution < -0.4 is 0 Å². The first-order valence-electron chi connectivity index (χ1n) is 21.7. The van der Waals surface area contributed by atoms with Crippen molar-refractivity contribution in [2.24, 2.45) is 23.7 Å². The number of hydrogen-bond donors (Lipinski definition) is 0. The molecule has 6 heteroatoms. The van der Waals surface area contributed by atoms with Crippen molar-refractivity contribution in [1.29, 1.82) is 0 Å². The van der Waals surface area contributed by atoms with Gasteiger partial charge in [-0.15, -0.1) is 0 Å². The summed E-state index contributed by atoms with van der Waals surface area (Å²) in [5, 5.41) is 0. The van der Waals surface area contributed by atoms with Crippen molar-refractivity contribution in [3.05, 3.63) is 0 Å². The summed E-state index contributed by atoms with van der Waals surface area (Å²) in [6.07, 6.45) is 17.0. The van der Waals surface area contributed by atoms with E-state index >= 15 is 0 Å². The van der Waals surface area contributed by atoms with Crippen LogP contribution in [0.3, 0.4) is 0 Å². The van der Waals surface area contributed by atoms with E-state index in [2.05, 4.69) is 101 Å². The smallest absolute Gasteiger partial charge is 0.0707 e. The van der Waals surface area contributed by atoms with Crippen LogP contribution in [0, 0.1) is 23.7 Å². The van der Waals surface area contributed by atoms with Gasteiger partial charge in [0.2, 0.25) is 0 Å². The van der Waals surface area contributed by atoms with Crippen LogP contribution in [0.25, 0.3) is 0 Å². The largest absolute Gasteiger partial charge is 0.372 e. The van der Waals surface area contributed by atoms with Crippen LogP contribution in [0.4, 0.5) is 0 Å². The zero-order chi connectivity index (χ0) is 35.7. The lowest BCUT2D eigenvalue weighted by Crippen LogP contribution is -2.48. The van der Waals surface area contributed by atoms with Crippen molar-refractivity contribution in [2.75, 3.05) is 58.9 Å². The van der Waals surface area contributed by atoms with E-state index in [1.807, 2.05) is 0 Å². The van der Waals surface area contributed by atoms with Crippen LogP contribution >= 0.6 is 0 Å². The third-order valence-corrected chi connectivity index (χ3v) is 13.3. The molecule has 8 aliphatic rings. The molecule has 0 spiro atoms. The number of fused-ring (bicyclic) bond motifs is 5. The Kier molecular flexibility index (Phi) is 17.2. The van der Waals surface area contributed by atoms with Gasteiger partial charge in [-0.2, -0.15) is 0 Å². The Morgan fingerprint density at radius 1 is 0.449 bits per heavy atom. The summed E-state index contributed by atoms with van der Waals surface area (Å²) >= 11 is 0. The van der Waals surface area contributed by atoms with Gasteiger partial charge in [0, 0.05) is 82.1 Å². The normalized spacial score (nSPS) is 33.6. The molecule has 0 amide bonds. The van der Waals surface area contributed by atoms with E-state index in [1.54, 1.807) is 0 Å². The van der Waals surface area contributed by atoms with Crippen LogP contribution in [0.1, 0.15) is 147 Å². The highest BCUT2D eigenvalue weighted by molar-refractivity contribution is 4.93. The molecule has 6 saturated heterocycles. The van der Waals surface area contributed by atoms with Crippen molar-refractivity contribution in [2.45, 2.75) is 195 Å².